The zero-order valence-electron chi connectivity index (χ0n) is 18.9. The van der Waals surface area contributed by atoms with Crippen LogP contribution in [0.5, 0.6) is 5.75 Å². The molecule has 0 radical (unpaired) electrons. The van der Waals surface area contributed by atoms with Crippen LogP contribution in [0.4, 0.5) is 8.78 Å². The first-order chi connectivity index (χ1) is 17.0. The van der Waals surface area contributed by atoms with E-state index in [1.54, 1.807) is 12.1 Å². The van der Waals surface area contributed by atoms with Gasteiger partial charge >= 0.3 is 5.97 Å². The Bertz CT molecular complexity index is 1450. The second-order valence-corrected chi connectivity index (χ2v) is 8.65. The van der Waals surface area contributed by atoms with Crippen LogP contribution in [0.15, 0.2) is 66.7 Å². The van der Waals surface area contributed by atoms with Crippen molar-refractivity contribution in [1.29, 1.82) is 0 Å². The predicted octanol–water partition coefficient (Wildman–Crippen LogP) is 6.96. The van der Waals surface area contributed by atoms with Crippen LogP contribution in [0, 0.1) is 11.6 Å². The van der Waals surface area contributed by atoms with E-state index in [0.717, 1.165) is 40.1 Å². The number of aliphatic carboxylic acids is 1. The first-order valence-corrected chi connectivity index (χ1v) is 11.5. The van der Waals surface area contributed by atoms with Gasteiger partial charge in [-0.3, -0.25) is 4.79 Å². The predicted molar refractivity (Wildman–Crippen MR) is 131 cm³/mol. The maximum Gasteiger partial charge on any atom is 0.303 e. The van der Waals surface area contributed by atoms with Crippen molar-refractivity contribution in [2.45, 2.75) is 31.8 Å². The standard InChI is InChI=1S/C29H23F2NO3/c30-25-15-19-10-12-21(32-27(19)16-26(25)31)11-8-18-9-13-28-24(14-18)23(6-3-7-29(33)34)22-5-2-1-4-20(22)17-35-28/h1-2,4-5,8-16,23H,3,6-7,17H2,(H,33,34). The van der Waals surface area contributed by atoms with Crippen LogP contribution in [0.25, 0.3) is 23.1 Å². The molecule has 0 fully saturated rings. The number of pyridine rings is 1. The number of carbonyl (C=O) groups is 1. The fourth-order valence-corrected chi connectivity index (χ4v) is 4.58. The van der Waals surface area contributed by atoms with Crippen molar-refractivity contribution in [3.8, 4) is 5.75 Å². The lowest BCUT2D eigenvalue weighted by Crippen LogP contribution is -2.05. The van der Waals surface area contributed by atoms with Crippen LogP contribution >= 0.6 is 0 Å². The number of halogens is 2. The number of rotatable bonds is 6. The normalized spacial score (nSPS) is 14.9. The summed E-state index contributed by atoms with van der Waals surface area (Å²) in [6, 6.07) is 19.8. The molecular weight excluding hydrogens is 448 g/mol. The van der Waals surface area contributed by atoms with Crippen molar-refractivity contribution in [3.63, 3.8) is 0 Å². The Kier molecular flexibility index (Phi) is 6.27. The van der Waals surface area contributed by atoms with Crippen LogP contribution in [0.1, 0.15) is 53.1 Å². The highest BCUT2D eigenvalue weighted by atomic mass is 19.2. The van der Waals surface area contributed by atoms with Crippen LogP contribution in [-0.2, 0) is 11.4 Å². The van der Waals surface area contributed by atoms with Gasteiger partial charge in [-0.25, -0.2) is 13.8 Å². The Morgan fingerprint density at radius 3 is 2.69 bits per heavy atom. The maximum absolute atomic E-state index is 13.6. The lowest BCUT2D eigenvalue weighted by Gasteiger charge is -2.19. The van der Waals surface area contributed by atoms with Gasteiger partial charge in [0.15, 0.2) is 11.6 Å². The van der Waals surface area contributed by atoms with Gasteiger partial charge in [-0.1, -0.05) is 42.5 Å². The third-order valence-corrected chi connectivity index (χ3v) is 6.31. The molecule has 1 aromatic heterocycles. The molecule has 6 heteroatoms. The van der Waals surface area contributed by atoms with Gasteiger partial charge in [0.2, 0.25) is 0 Å². The van der Waals surface area contributed by atoms with Crippen LogP contribution in [0.2, 0.25) is 0 Å². The van der Waals surface area contributed by atoms with E-state index in [2.05, 4.69) is 17.1 Å². The molecule has 3 aromatic carbocycles. The van der Waals surface area contributed by atoms with Gasteiger partial charge in [0.1, 0.15) is 12.4 Å². The molecule has 1 N–H and O–H groups in total. The first kappa shape index (κ1) is 22.7. The molecule has 5 rings (SSSR count). The number of carboxylic acid groups (broad SMARTS) is 1. The minimum atomic E-state index is -0.925. The average molecular weight is 472 g/mol. The largest absolute Gasteiger partial charge is 0.489 e. The van der Waals surface area contributed by atoms with Crippen LogP contribution in [-0.4, -0.2) is 16.1 Å². The molecular formula is C29H23F2NO3. The van der Waals surface area contributed by atoms with Crippen molar-refractivity contribution in [1.82, 2.24) is 4.98 Å². The molecule has 176 valence electrons. The Morgan fingerprint density at radius 2 is 1.83 bits per heavy atom. The average Bonchev–Trinajstić information content (AvgIpc) is 3.00. The fourth-order valence-electron chi connectivity index (χ4n) is 4.58. The van der Waals surface area contributed by atoms with Crippen molar-refractivity contribution in [3.05, 3.63) is 106 Å². The molecule has 0 spiro atoms. The topological polar surface area (TPSA) is 59.4 Å². The van der Waals surface area contributed by atoms with E-state index >= 15 is 0 Å². The molecule has 1 atom stereocenters. The SMILES string of the molecule is O=C(O)CCCC1c2ccccc2COc2ccc(C=Cc3ccc4cc(F)c(F)cc4n3)cc21. The number of fused-ring (bicyclic) bond motifs is 3. The first-order valence-electron chi connectivity index (χ1n) is 11.5. The summed E-state index contributed by atoms with van der Waals surface area (Å²) in [6.45, 7) is 0.464. The summed E-state index contributed by atoms with van der Waals surface area (Å²) < 4.78 is 33.2. The number of hydrogen-bond donors (Lipinski definition) is 1. The molecule has 1 aliphatic heterocycles. The second-order valence-electron chi connectivity index (χ2n) is 8.65. The van der Waals surface area contributed by atoms with E-state index in [0.29, 0.717) is 36.0 Å². The van der Waals surface area contributed by atoms with Crippen molar-refractivity contribution in [2.75, 3.05) is 0 Å². The molecule has 0 amide bonds. The zero-order chi connectivity index (χ0) is 24.4. The highest BCUT2D eigenvalue weighted by molar-refractivity contribution is 5.81. The van der Waals surface area contributed by atoms with Gasteiger partial charge in [0, 0.05) is 29.4 Å². The van der Waals surface area contributed by atoms with Gasteiger partial charge in [0.05, 0.1) is 11.2 Å². The minimum absolute atomic E-state index is 0.0214. The molecule has 4 aromatic rings. The minimum Gasteiger partial charge on any atom is -0.489 e. The Hall–Kier alpha value is -4.06. The number of aromatic nitrogens is 1. The molecule has 0 saturated carbocycles. The number of carboxylic acids is 1. The molecule has 2 heterocycles. The van der Waals surface area contributed by atoms with E-state index in [4.69, 9.17) is 9.84 Å². The Morgan fingerprint density at radius 1 is 1.00 bits per heavy atom. The highest BCUT2D eigenvalue weighted by Gasteiger charge is 2.24. The number of nitrogens with zero attached hydrogens (tertiary/aromatic N) is 1. The fraction of sp³-hybridized carbons (Fsp3) is 0.172. The lowest BCUT2D eigenvalue weighted by atomic mass is 9.84. The third-order valence-electron chi connectivity index (χ3n) is 6.31. The molecule has 0 aliphatic carbocycles. The molecule has 35 heavy (non-hydrogen) atoms. The zero-order valence-corrected chi connectivity index (χ0v) is 18.9. The van der Waals surface area contributed by atoms with E-state index in [1.165, 1.54) is 0 Å². The van der Waals surface area contributed by atoms with E-state index in [-0.39, 0.29) is 12.3 Å². The van der Waals surface area contributed by atoms with Crippen LogP contribution < -0.4 is 4.74 Å². The molecule has 1 aliphatic rings. The van der Waals surface area contributed by atoms with Crippen molar-refractivity contribution < 1.29 is 23.4 Å². The van der Waals surface area contributed by atoms with Gasteiger partial charge in [-0.2, -0.15) is 0 Å². The molecule has 0 saturated heterocycles. The van der Waals surface area contributed by atoms with Crippen LogP contribution in [0.3, 0.4) is 0 Å². The smallest absolute Gasteiger partial charge is 0.303 e. The summed E-state index contributed by atoms with van der Waals surface area (Å²) in [7, 11) is 0. The molecule has 4 nitrogen and oxygen atoms in total. The highest BCUT2D eigenvalue weighted by Crippen LogP contribution is 2.41. The number of hydrogen-bond acceptors (Lipinski definition) is 3. The van der Waals surface area contributed by atoms with Gasteiger partial charge in [-0.15, -0.1) is 0 Å². The quantitative estimate of drug-likeness (QED) is 0.330. The molecule has 0 bridgehead atoms. The summed E-state index contributed by atoms with van der Waals surface area (Å²) in [6.07, 6.45) is 5.12. The lowest BCUT2D eigenvalue weighted by molar-refractivity contribution is -0.137. The summed E-state index contributed by atoms with van der Waals surface area (Å²) in [5, 5.41) is 9.66. The van der Waals surface area contributed by atoms with Gasteiger partial charge in [-0.05, 0) is 59.9 Å². The summed E-state index contributed by atoms with van der Waals surface area (Å²) in [4.78, 5) is 15.5. The van der Waals surface area contributed by atoms with Crippen molar-refractivity contribution >= 4 is 29.0 Å². The summed E-state index contributed by atoms with van der Waals surface area (Å²) in [5.41, 5.74) is 5.22. The third kappa shape index (κ3) is 4.92. The van der Waals surface area contributed by atoms with Crippen molar-refractivity contribution in [2.24, 2.45) is 0 Å². The molecule has 1 unspecified atom stereocenters. The summed E-state index contributed by atoms with van der Waals surface area (Å²) >= 11 is 0. The van der Waals surface area contributed by atoms with Gasteiger partial charge < -0.3 is 9.84 Å². The number of ether oxygens (including phenoxy) is 1. The second kappa shape index (κ2) is 9.66. The summed E-state index contributed by atoms with van der Waals surface area (Å²) in [5.74, 6) is -1.81. The maximum atomic E-state index is 13.6. The Balaban J connectivity index is 1.47. The Labute approximate surface area is 201 Å². The van der Waals surface area contributed by atoms with E-state index in [1.807, 2.05) is 42.5 Å². The van der Waals surface area contributed by atoms with Gasteiger partial charge in [0.25, 0.3) is 0 Å². The number of benzene rings is 3. The van der Waals surface area contributed by atoms with E-state index < -0.39 is 17.6 Å². The monoisotopic (exact) mass is 471 g/mol. The van der Waals surface area contributed by atoms with E-state index in [9.17, 15) is 13.6 Å².